The van der Waals surface area contributed by atoms with Crippen molar-refractivity contribution in [3.63, 3.8) is 0 Å². The van der Waals surface area contributed by atoms with Gasteiger partial charge >= 0.3 is 5.97 Å². The lowest BCUT2D eigenvalue weighted by atomic mass is 9.82. The van der Waals surface area contributed by atoms with Crippen molar-refractivity contribution in [2.45, 2.75) is 33.6 Å². The Hall–Kier alpha value is -2.47. The third kappa shape index (κ3) is 3.70. The van der Waals surface area contributed by atoms with E-state index in [9.17, 15) is 14.7 Å². The number of nitrogens with zero attached hydrogens (tertiary/aromatic N) is 1. The number of carbonyl (C=O) groups is 2. The third-order valence-electron chi connectivity index (χ3n) is 4.89. The van der Waals surface area contributed by atoms with E-state index in [1.165, 1.54) is 22.5 Å². The van der Waals surface area contributed by atoms with Crippen molar-refractivity contribution in [2.75, 3.05) is 5.32 Å². The molecular formula is C20H22N2O3S. The summed E-state index contributed by atoms with van der Waals surface area (Å²) in [7, 11) is 0. The van der Waals surface area contributed by atoms with Crippen LogP contribution in [0.4, 0.5) is 5.13 Å². The molecule has 1 aromatic carbocycles. The van der Waals surface area contributed by atoms with Crippen molar-refractivity contribution in [1.82, 2.24) is 4.98 Å². The zero-order valence-electron chi connectivity index (χ0n) is 15.1. The van der Waals surface area contributed by atoms with Crippen molar-refractivity contribution in [3.05, 3.63) is 46.4 Å². The fraction of sp³-hybridized carbons (Fsp3) is 0.350. The number of amides is 1. The number of rotatable bonds is 4. The quantitative estimate of drug-likeness (QED) is 0.785. The molecule has 0 radical (unpaired) electrons. The Morgan fingerprint density at radius 1 is 1.12 bits per heavy atom. The second-order valence-corrected chi connectivity index (χ2v) is 7.91. The zero-order valence-corrected chi connectivity index (χ0v) is 15.9. The number of nitrogens with one attached hydrogen (secondary N) is 1. The Morgan fingerprint density at radius 3 is 2.46 bits per heavy atom. The average Bonchev–Trinajstić information content (AvgIpc) is 2.97. The first-order valence-electron chi connectivity index (χ1n) is 8.60. The summed E-state index contributed by atoms with van der Waals surface area (Å²) < 4.78 is 0. The highest BCUT2D eigenvalue weighted by Crippen LogP contribution is 2.33. The van der Waals surface area contributed by atoms with Crippen molar-refractivity contribution >= 4 is 28.3 Å². The molecule has 26 heavy (non-hydrogen) atoms. The second-order valence-electron chi connectivity index (χ2n) is 6.71. The maximum Gasteiger partial charge on any atom is 0.307 e. The van der Waals surface area contributed by atoms with Gasteiger partial charge in [0.1, 0.15) is 0 Å². The van der Waals surface area contributed by atoms with E-state index in [2.05, 4.69) is 36.3 Å². The predicted octanol–water partition coefficient (Wildman–Crippen LogP) is 4.34. The number of aromatic nitrogens is 1. The molecule has 0 fully saturated rings. The van der Waals surface area contributed by atoms with Crippen LogP contribution in [0.5, 0.6) is 0 Å². The summed E-state index contributed by atoms with van der Waals surface area (Å²) in [6.45, 7) is 6.10. The van der Waals surface area contributed by atoms with Gasteiger partial charge in [-0.15, -0.1) is 11.3 Å². The van der Waals surface area contributed by atoms with E-state index >= 15 is 0 Å². The topological polar surface area (TPSA) is 79.3 Å². The SMILES string of the molecule is Cc1ccc(-c2nc(NC(=O)[C@@H]3CC=CC[C@@H]3C(=O)O)sc2C)cc1C. The number of allylic oxidation sites excluding steroid dienone is 2. The van der Waals surface area contributed by atoms with Crippen molar-refractivity contribution in [3.8, 4) is 11.3 Å². The number of aryl methyl sites for hydroxylation is 3. The number of hydrogen-bond donors (Lipinski definition) is 2. The number of aliphatic carboxylic acids is 1. The Balaban J connectivity index is 1.80. The lowest BCUT2D eigenvalue weighted by Crippen LogP contribution is -2.34. The third-order valence-corrected chi connectivity index (χ3v) is 5.78. The minimum Gasteiger partial charge on any atom is -0.481 e. The standard InChI is InChI=1S/C20H22N2O3S/c1-11-8-9-14(10-12(11)2)17-13(3)26-20(21-17)22-18(23)15-6-4-5-7-16(15)19(24)25/h4-5,8-10,15-16H,6-7H2,1-3H3,(H,24,25)(H,21,22,23)/t15-,16+/m1/s1. The summed E-state index contributed by atoms with van der Waals surface area (Å²) in [5, 5.41) is 12.7. The van der Waals surface area contributed by atoms with Gasteiger partial charge in [0.15, 0.2) is 5.13 Å². The molecule has 2 N–H and O–H groups in total. The molecule has 0 saturated carbocycles. The number of benzene rings is 1. The van der Waals surface area contributed by atoms with E-state index in [-0.39, 0.29) is 5.91 Å². The van der Waals surface area contributed by atoms with Gasteiger partial charge in [0, 0.05) is 10.4 Å². The molecular weight excluding hydrogens is 348 g/mol. The van der Waals surface area contributed by atoms with Crippen LogP contribution in [-0.4, -0.2) is 22.0 Å². The van der Waals surface area contributed by atoms with Gasteiger partial charge in [-0.25, -0.2) is 4.98 Å². The van der Waals surface area contributed by atoms with Gasteiger partial charge in [-0.2, -0.15) is 0 Å². The maximum absolute atomic E-state index is 12.6. The van der Waals surface area contributed by atoms with Crippen molar-refractivity contribution in [1.29, 1.82) is 0 Å². The number of carboxylic acids is 1. The van der Waals surface area contributed by atoms with E-state index in [1.807, 2.05) is 25.1 Å². The fourth-order valence-electron chi connectivity index (χ4n) is 3.18. The molecule has 1 aromatic heterocycles. The molecule has 3 rings (SSSR count). The van der Waals surface area contributed by atoms with Crippen LogP contribution >= 0.6 is 11.3 Å². The van der Waals surface area contributed by atoms with E-state index in [0.29, 0.717) is 18.0 Å². The molecule has 2 aromatic rings. The smallest absolute Gasteiger partial charge is 0.307 e. The molecule has 0 unspecified atom stereocenters. The van der Waals surface area contributed by atoms with E-state index in [4.69, 9.17) is 0 Å². The minimum absolute atomic E-state index is 0.276. The Morgan fingerprint density at radius 2 is 1.81 bits per heavy atom. The van der Waals surface area contributed by atoms with Crippen molar-refractivity contribution < 1.29 is 14.7 Å². The van der Waals surface area contributed by atoms with Crippen LogP contribution < -0.4 is 5.32 Å². The van der Waals surface area contributed by atoms with Crippen LogP contribution in [-0.2, 0) is 9.59 Å². The molecule has 0 bridgehead atoms. The second kappa shape index (κ2) is 7.41. The highest BCUT2D eigenvalue weighted by molar-refractivity contribution is 7.16. The van der Waals surface area contributed by atoms with Gasteiger partial charge in [0.2, 0.25) is 5.91 Å². The van der Waals surface area contributed by atoms with Crippen LogP contribution in [0, 0.1) is 32.6 Å². The molecule has 1 heterocycles. The molecule has 0 spiro atoms. The van der Waals surface area contributed by atoms with Gasteiger partial charge in [0.25, 0.3) is 0 Å². The Bertz CT molecular complexity index is 885. The molecule has 0 aliphatic heterocycles. The highest BCUT2D eigenvalue weighted by Gasteiger charge is 2.34. The monoisotopic (exact) mass is 370 g/mol. The van der Waals surface area contributed by atoms with Gasteiger partial charge in [0.05, 0.1) is 17.5 Å². The number of carboxylic acid groups (broad SMARTS) is 1. The fourth-order valence-corrected chi connectivity index (χ4v) is 4.02. The molecule has 1 aliphatic rings. The van der Waals surface area contributed by atoms with Crippen LogP contribution in [0.1, 0.15) is 28.8 Å². The van der Waals surface area contributed by atoms with E-state index in [1.54, 1.807) is 0 Å². The lowest BCUT2D eigenvalue weighted by Gasteiger charge is -2.23. The minimum atomic E-state index is -0.930. The van der Waals surface area contributed by atoms with Crippen LogP contribution in [0.2, 0.25) is 0 Å². The van der Waals surface area contributed by atoms with E-state index in [0.717, 1.165) is 16.1 Å². The van der Waals surface area contributed by atoms with Crippen LogP contribution in [0.15, 0.2) is 30.4 Å². The summed E-state index contributed by atoms with van der Waals surface area (Å²) in [5.74, 6) is -2.45. The van der Waals surface area contributed by atoms with Crippen molar-refractivity contribution in [2.24, 2.45) is 11.8 Å². The first kappa shape index (κ1) is 18.3. The predicted molar refractivity (Wildman–Crippen MR) is 103 cm³/mol. The van der Waals surface area contributed by atoms with Crippen LogP contribution in [0.3, 0.4) is 0 Å². The molecule has 1 amide bonds. The maximum atomic E-state index is 12.6. The first-order valence-corrected chi connectivity index (χ1v) is 9.42. The lowest BCUT2D eigenvalue weighted by molar-refractivity contribution is -0.146. The molecule has 2 atom stereocenters. The summed E-state index contributed by atoms with van der Waals surface area (Å²) in [6.07, 6.45) is 4.53. The number of hydrogen-bond acceptors (Lipinski definition) is 4. The highest BCUT2D eigenvalue weighted by atomic mass is 32.1. The largest absolute Gasteiger partial charge is 0.481 e. The normalized spacial score (nSPS) is 19.3. The van der Waals surface area contributed by atoms with Gasteiger partial charge < -0.3 is 10.4 Å². The van der Waals surface area contributed by atoms with Crippen LogP contribution in [0.25, 0.3) is 11.3 Å². The first-order chi connectivity index (χ1) is 12.4. The number of thiazole rings is 1. The summed E-state index contributed by atoms with van der Waals surface area (Å²) in [5.41, 5.74) is 4.29. The average molecular weight is 370 g/mol. The Kier molecular flexibility index (Phi) is 5.23. The molecule has 6 heteroatoms. The van der Waals surface area contributed by atoms with Gasteiger partial charge in [-0.3, -0.25) is 9.59 Å². The van der Waals surface area contributed by atoms with Gasteiger partial charge in [-0.1, -0.05) is 24.3 Å². The molecule has 5 nitrogen and oxygen atoms in total. The number of carbonyl (C=O) groups excluding carboxylic acids is 1. The summed E-state index contributed by atoms with van der Waals surface area (Å²) in [6, 6.07) is 6.19. The zero-order chi connectivity index (χ0) is 18.8. The summed E-state index contributed by atoms with van der Waals surface area (Å²) >= 11 is 1.41. The molecule has 136 valence electrons. The molecule has 0 saturated heterocycles. The van der Waals surface area contributed by atoms with E-state index < -0.39 is 17.8 Å². The summed E-state index contributed by atoms with van der Waals surface area (Å²) in [4.78, 5) is 29.6. The molecule has 1 aliphatic carbocycles. The number of anilines is 1. The van der Waals surface area contributed by atoms with Gasteiger partial charge in [-0.05, 0) is 50.8 Å². The Labute approximate surface area is 156 Å².